The summed E-state index contributed by atoms with van der Waals surface area (Å²) >= 11 is 0. The van der Waals surface area contributed by atoms with Crippen LogP contribution in [-0.4, -0.2) is 15.6 Å². The standard InChI is InChI=1S/C16H19FN2O/c1-4-12-9-13(19(5-2)18-12)10-15(20)14-8-6-7-11(3)16(14)17/h6-9H,4-5,10H2,1-3H3. The third kappa shape index (κ3) is 2.79. The second-order valence-corrected chi connectivity index (χ2v) is 4.83. The molecule has 1 heterocycles. The second kappa shape index (κ2) is 5.99. The molecule has 0 aliphatic heterocycles. The van der Waals surface area contributed by atoms with Gasteiger partial charge < -0.3 is 0 Å². The minimum Gasteiger partial charge on any atom is -0.294 e. The summed E-state index contributed by atoms with van der Waals surface area (Å²) in [6.07, 6.45) is 1.01. The van der Waals surface area contributed by atoms with Gasteiger partial charge in [-0.3, -0.25) is 9.48 Å². The fourth-order valence-electron chi connectivity index (χ4n) is 2.23. The van der Waals surface area contributed by atoms with Crippen LogP contribution in [0.3, 0.4) is 0 Å². The Balaban J connectivity index is 2.27. The van der Waals surface area contributed by atoms with E-state index in [0.717, 1.165) is 17.8 Å². The SMILES string of the molecule is CCc1cc(CC(=O)c2cccc(C)c2F)n(CC)n1. The van der Waals surface area contributed by atoms with Crippen LogP contribution < -0.4 is 0 Å². The third-order valence-corrected chi connectivity index (χ3v) is 3.41. The molecule has 0 fully saturated rings. The zero-order valence-corrected chi connectivity index (χ0v) is 12.1. The van der Waals surface area contributed by atoms with E-state index in [1.165, 1.54) is 6.07 Å². The van der Waals surface area contributed by atoms with Gasteiger partial charge in [-0.1, -0.05) is 19.1 Å². The third-order valence-electron chi connectivity index (χ3n) is 3.41. The summed E-state index contributed by atoms with van der Waals surface area (Å²) in [6.45, 7) is 6.37. The number of benzene rings is 1. The lowest BCUT2D eigenvalue weighted by Crippen LogP contribution is -2.11. The summed E-state index contributed by atoms with van der Waals surface area (Å²) in [5.74, 6) is -0.626. The van der Waals surface area contributed by atoms with E-state index < -0.39 is 5.82 Å². The molecule has 0 aliphatic rings. The molecule has 0 N–H and O–H groups in total. The number of hydrogen-bond acceptors (Lipinski definition) is 2. The fraction of sp³-hybridized carbons (Fsp3) is 0.375. The lowest BCUT2D eigenvalue weighted by molar-refractivity contribution is 0.0986. The smallest absolute Gasteiger partial charge is 0.171 e. The maximum Gasteiger partial charge on any atom is 0.171 e. The van der Waals surface area contributed by atoms with Crippen molar-refractivity contribution in [1.29, 1.82) is 0 Å². The maximum absolute atomic E-state index is 14.0. The first-order valence-corrected chi connectivity index (χ1v) is 6.90. The van der Waals surface area contributed by atoms with Crippen LogP contribution >= 0.6 is 0 Å². The number of hydrogen-bond donors (Lipinski definition) is 0. The largest absolute Gasteiger partial charge is 0.294 e. The maximum atomic E-state index is 14.0. The number of halogens is 1. The van der Waals surface area contributed by atoms with E-state index in [0.29, 0.717) is 12.1 Å². The van der Waals surface area contributed by atoms with Crippen LogP contribution in [-0.2, 0) is 19.4 Å². The van der Waals surface area contributed by atoms with Crippen molar-refractivity contribution in [3.63, 3.8) is 0 Å². The quantitative estimate of drug-likeness (QED) is 0.784. The molecule has 1 aromatic heterocycles. The molecule has 20 heavy (non-hydrogen) atoms. The van der Waals surface area contributed by atoms with Crippen LogP contribution in [0.4, 0.5) is 4.39 Å². The predicted molar refractivity (Wildman–Crippen MR) is 76.5 cm³/mol. The van der Waals surface area contributed by atoms with Gasteiger partial charge in [0.2, 0.25) is 0 Å². The van der Waals surface area contributed by atoms with Crippen molar-refractivity contribution in [2.24, 2.45) is 0 Å². The van der Waals surface area contributed by atoms with Crippen LogP contribution in [0, 0.1) is 12.7 Å². The van der Waals surface area contributed by atoms with E-state index >= 15 is 0 Å². The van der Waals surface area contributed by atoms with Crippen molar-refractivity contribution >= 4 is 5.78 Å². The minimum atomic E-state index is -0.421. The Labute approximate surface area is 118 Å². The lowest BCUT2D eigenvalue weighted by Gasteiger charge is -2.06. The Kier molecular flexibility index (Phi) is 4.32. The molecule has 2 aromatic rings. The van der Waals surface area contributed by atoms with Gasteiger partial charge in [0.1, 0.15) is 5.82 Å². The highest BCUT2D eigenvalue weighted by Crippen LogP contribution is 2.16. The summed E-state index contributed by atoms with van der Waals surface area (Å²) in [5.41, 5.74) is 2.45. The minimum absolute atomic E-state index is 0.159. The molecule has 0 spiro atoms. The Morgan fingerprint density at radius 2 is 2.10 bits per heavy atom. The summed E-state index contributed by atoms with van der Waals surface area (Å²) < 4.78 is 15.8. The number of aromatic nitrogens is 2. The van der Waals surface area contributed by atoms with Crippen molar-refractivity contribution in [1.82, 2.24) is 9.78 Å². The summed E-state index contributed by atoms with van der Waals surface area (Å²) in [4.78, 5) is 12.3. The number of ketones is 1. The monoisotopic (exact) mass is 274 g/mol. The molecule has 0 unspecified atom stereocenters. The molecule has 0 saturated heterocycles. The van der Waals surface area contributed by atoms with E-state index in [1.807, 2.05) is 24.6 Å². The molecule has 1 aromatic carbocycles. The molecular formula is C16H19FN2O. The molecule has 0 amide bonds. The van der Waals surface area contributed by atoms with Gasteiger partial charge in [0.05, 0.1) is 17.7 Å². The van der Waals surface area contributed by atoms with Crippen LogP contribution in [0.5, 0.6) is 0 Å². The molecular weight excluding hydrogens is 255 g/mol. The van der Waals surface area contributed by atoms with Gasteiger partial charge in [0.15, 0.2) is 5.78 Å². The topological polar surface area (TPSA) is 34.9 Å². The lowest BCUT2D eigenvalue weighted by atomic mass is 10.0. The summed E-state index contributed by atoms with van der Waals surface area (Å²) in [6, 6.07) is 6.84. The van der Waals surface area contributed by atoms with Gasteiger partial charge in [-0.15, -0.1) is 0 Å². The molecule has 0 bridgehead atoms. The molecule has 3 nitrogen and oxygen atoms in total. The number of carbonyl (C=O) groups excluding carboxylic acids is 1. The van der Waals surface area contributed by atoms with Crippen LogP contribution in [0.1, 0.15) is 41.2 Å². The second-order valence-electron chi connectivity index (χ2n) is 4.83. The van der Waals surface area contributed by atoms with Crippen molar-refractivity contribution in [3.8, 4) is 0 Å². The highest BCUT2D eigenvalue weighted by atomic mass is 19.1. The highest BCUT2D eigenvalue weighted by Gasteiger charge is 2.16. The van der Waals surface area contributed by atoms with Gasteiger partial charge in [-0.25, -0.2) is 4.39 Å². The Morgan fingerprint density at radius 1 is 1.35 bits per heavy atom. The summed E-state index contributed by atoms with van der Waals surface area (Å²) in [7, 11) is 0. The van der Waals surface area contributed by atoms with Gasteiger partial charge in [-0.05, 0) is 38.0 Å². The zero-order chi connectivity index (χ0) is 14.7. The number of nitrogens with zero attached hydrogens (tertiary/aromatic N) is 2. The van der Waals surface area contributed by atoms with Crippen molar-refractivity contribution < 1.29 is 9.18 Å². The molecule has 4 heteroatoms. The first-order chi connectivity index (χ1) is 9.56. The Morgan fingerprint density at radius 3 is 2.75 bits per heavy atom. The number of Topliss-reactive ketones (excluding diaryl/α,β-unsaturated/α-hetero) is 1. The van der Waals surface area contributed by atoms with Crippen LogP contribution in [0.2, 0.25) is 0 Å². The molecule has 0 atom stereocenters. The number of aryl methyl sites for hydroxylation is 3. The fourth-order valence-corrected chi connectivity index (χ4v) is 2.23. The average molecular weight is 274 g/mol. The van der Waals surface area contributed by atoms with E-state index in [9.17, 15) is 9.18 Å². The molecule has 106 valence electrons. The first-order valence-electron chi connectivity index (χ1n) is 6.90. The van der Waals surface area contributed by atoms with Gasteiger partial charge in [0, 0.05) is 12.2 Å². The van der Waals surface area contributed by atoms with E-state index in [-0.39, 0.29) is 17.8 Å². The predicted octanol–water partition coefficient (Wildman–Crippen LogP) is 3.34. The van der Waals surface area contributed by atoms with Gasteiger partial charge >= 0.3 is 0 Å². The molecule has 0 radical (unpaired) electrons. The van der Waals surface area contributed by atoms with Crippen LogP contribution in [0.25, 0.3) is 0 Å². The average Bonchev–Trinajstić information content (AvgIpc) is 2.84. The van der Waals surface area contributed by atoms with E-state index in [4.69, 9.17) is 0 Å². The van der Waals surface area contributed by atoms with Crippen molar-refractivity contribution in [2.75, 3.05) is 0 Å². The number of carbonyl (C=O) groups is 1. The van der Waals surface area contributed by atoms with E-state index in [1.54, 1.807) is 19.1 Å². The molecule has 2 rings (SSSR count). The molecule has 0 saturated carbocycles. The Hall–Kier alpha value is -1.97. The zero-order valence-electron chi connectivity index (χ0n) is 12.1. The van der Waals surface area contributed by atoms with Crippen LogP contribution in [0.15, 0.2) is 24.3 Å². The highest BCUT2D eigenvalue weighted by molar-refractivity contribution is 5.97. The van der Waals surface area contributed by atoms with Gasteiger partial charge in [0.25, 0.3) is 0 Å². The Bertz CT molecular complexity index is 631. The summed E-state index contributed by atoms with van der Waals surface area (Å²) in [5, 5.41) is 4.40. The molecule has 0 aliphatic carbocycles. The number of rotatable bonds is 5. The first kappa shape index (κ1) is 14.4. The normalized spacial score (nSPS) is 10.8. The van der Waals surface area contributed by atoms with E-state index in [2.05, 4.69) is 5.10 Å². The van der Waals surface area contributed by atoms with Gasteiger partial charge in [-0.2, -0.15) is 5.10 Å². The van der Waals surface area contributed by atoms with Crippen molar-refractivity contribution in [2.45, 2.75) is 40.2 Å². The van der Waals surface area contributed by atoms with Crippen molar-refractivity contribution in [3.05, 3.63) is 52.6 Å².